The average Bonchev–Trinajstić information content (AvgIpc) is 2.44. The van der Waals surface area contributed by atoms with Gasteiger partial charge in [0.15, 0.2) is 11.2 Å². The van der Waals surface area contributed by atoms with E-state index in [4.69, 9.17) is 22.1 Å². The summed E-state index contributed by atoms with van der Waals surface area (Å²) in [4.78, 5) is 21.4. The van der Waals surface area contributed by atoms with Gasteiger partial charge in [0.2, 0.25) is 0 Å². The number of unbranched alkanes of at least 4 members (excludes halogenated alkanes) is 1. The second-order valence-corrected chi connectivity index (χ2v) is 5.09. The van der Waals surface area contributed by atoms with Crippen molar-refractivity contribution in [3.8, 4) is 0 Å². The van der Waals surface area contributed by atoms with E-state index in [0.717, 1.165) is 0 Å². The number of carboxylic acids is 1. The minimum atomic E-state index is -0.803. The first kappa shape index (κ1) is 12.6. The zero-order chi connectivity index (χ0) is 11.3. The Morgan fingerprint density at radius 1 is 1.60 bits per heavy atom. The number of Topliss-reactive ketones (excluding diaryl/α,β-unsaturated/α-hetero) is 1. The molecule has 0 radical (unpaired) electrons. The summed E-state index contributed by atoms with van der Waals surface area (Å²) in [5.41, 5.74) is -0.456. The van der Waals surface area contributed by atoms with Crippen LogP contribution in [0.15, 0.2) is 0 Å². The average molecular weight is 248 g/mol. The van der Waals surface area contributed by atoms with Gasteiger partial charge in [0.25, 0.3) is 0 Å². The maximum atomic E-state index is 11.2. The standard InChI is InChI=1S/C9H12O4S2/c10-6-5-8(14)15-9(6)13-4-2-1-3-7(11)12/h9H,1-5H2,(H,11,12). The molecule has 0 aliphatic carbocycles. The summed E-state index contributed by atoms with van der Waals surface area (Å²) in [5, 5.41) is 8.38. The quantitative estimate of drug-likeness (QED) is 0.569. The molecule has 0 aromatic heterocycles. The molecule has 1 rings (SSSR count). The lowest BCUT2D eigenvalue weighted by molar-refractivity contribution is -0.137. The zero-order valence-corrected chi connectivity index (χ0v) is 9.73. The summed E-state index contributed by atoms with van der Waals surface area (Å²) in [6.07, 6.45) is 1.70. The number of rotatable bonds is 6. The number of aliphatic carboxylic acids is 1. The predicted octanol–water partition coefficient (Wildman–Crippen LogP) is 1.62. The molecule has 1 saturated heterocycles. The van der Waals surface area contributed by atoms with E-state index >= 15 is 0 Å². The Morgan fingerprint density at radius 2 is 2.33 bits per heavy atom. The number of hydrogen-bond acceptors (Lipinski definition) is 5. The maximum absolute atomic E-state index is 11.2. The van der Waals surface area contributed by atoms with Crippen LogP contribution in [-0.4, -0.2) is 33.1 Å². The Bertz CT molecular complexity index is 277. The highest BCUT2D eigenvalue weighted by atomic mass is 32.2. The molecule has 0 saturated carbocycles. The summed E-state index contributed by atoms with van der Waals surface area (Å²) < 4.78 is 5.98. The van der Waals surface area contributed by atoms with Gasteiger partial charge in [-0.05, 0) is 12.8 Å². The molecule has 15 heavy (non-hydrogen) atoms. The molecule has 0 aromatic carbocycles. The van der Waals surface area contributed by atoms with Gasteiger partial charge in [0.05, 0.1) is 10.6 Å². The number of carbonyl (C=O) groups is 2. The Kier molecular flexibility index (Phi) is 5.21. The lowest BCUT2D eigenvalue weighted by Gasteiger charge is -2.07. The summed E-state index contributed by atoms with van der Waals surface area (Å²) >= 11 is 6.17. The highest BCUT2D eigenvalue weighted by molar-refractivity contribution is 8.24. The second kappa shape index (κ2) is 6.19. The highest BCUT2D eigenvalue weighted by Crippen LogP contribution is 2.27. The van der Waals surface area contributed by atoms with Crippen molar-refractivity contribution in [2.75, 3.05) is 6.61 Å². The number of thioether (sulfide) groups is 1. The zero-order valence-electron chi connectivity index (χ0n) is 8.10. The van der Waals surface area contributed by atoms with E-state index in [1.165, 1.54) is 11.8 Å². The molecule has 1 aliphatic heterocycles. The number of thiocarbonyl (C=S) groups is 1. The summed E-state index contributed by atoms with van der Waals surface area (Å²) in [6, 6.07) is 0. The topological polar surface area (TPSA) is 63.6 Å². The molecule has 1 unspecified atom stereocenters. The van der Waals surface area contributed by atoms with Crippen LogP contribution in [0.2, 0.25) is 0 Å². The van der Waals surface area contributed by atoms with Gasteiger partial charge in [-0.2, -0.15) is 0 Å². The van der Waals surface area contributed by atoms with E-state index in [1.807, 2.05) is 0 Å². The van der Waals surface area contributed by atoms with Crippen molar-refractivity contribution in [2.24, 2.45) is 0 Å². The van der Waals surface area contributed by atoms with E-state index in [0.29, 0.717) is 30.1 Å². The Hall–Kier alpha value is -0.460. The molecule has 1 heterocycles. The van der Waals surface area contributed by atoms with Crippen molar-refractivity contribution in [1.29, 1.82) is 0 Å². The van der Waals surface area contributed by atoms with Gasteiger partial charge in [-0.25, -0.2) is 0 Å². The van der Waals surface area contributed by atoms with Crippen molar-refractivity contribution in [3.63, 3.8) is 0 Å². The summed E-state index contributed by atoms with van der Waals surface area (Å²) in [5.74, 6) is -0.786. The third-order valence-electron chi connectivity index (χ3n) is 1.87. The number of hydrogen-bond donors (Lipinski definition) is 1. The normalized spacial score (nSPS) is 20.9. The third-order valence-corrected chi connectivity index (χ3v) is 3.33. The van der Waals surface area contributed by atoms with Gasteiger partial charge in [-0.1, -0.05) is 24.0 Å². The Labute approximate surface area is 97.4 Å². The fourth-order valence-electron chi connectivity index (χ4n) is 1.15. The number of ether oxygens (including phenoxy) is 1. The van der Waals surface area contributed by atoms with Gasteiger partial charge in [0, 0.05) is 13.0 Å². The minimum absolute atomic E-state index is 0.0169. The Balaban J connectivity index is 2.08. The SMILES string of the molecule is O=C(O)CCCCOC1SC(=S)CC1=O. The molecule has 0 spiro atoms. The monoisotopic (exact) mass is 248 g/mol. The maximum Gasteiger partial charge on any atom is 0.303 e. The van der Waals surface area contributed by atoms with Crippen molar-refractivity contribution in [2.45, 2.75) is 31.1 Å². The first-order valence-electron chi connectivity index (χ1n) is 4.65. The summed E-state index contributed by atoms with van der Waals surface area (Å²) in [7, 11) is 0. The smallest absolute Gasteiger partial charge is 0.303 e. The lowest BCUT2D eigenvalue weighted by atomic mass is 10.2. The van der Waals surface area contributed by atoms with Crippen molar-refractivity contribution >= 4 is 39.9 Å². The van der Waals surface area contributed by atoms with Crippen LogP contribution in [-0.2, 0) is 14.3 Å². The van der Waals surface area contributed by atoms with E-state index < -0.39 is 11.4 Å². The van der Waals surface area contributed by atoms with Crippen LogP contribution >= 0.6 is 24.0 Å². The molecule has 1 atom stereocenters. The van der Waals surface area contributed by atoms with Crippen molar-refractivity contribution < 1.29 is 19.4 Å². The molecule has 0 amide bonds. The molecule has 0 aromatic rings. The molecule has 1 fully saturated rings. The van der Waals surface area contributed by atoms with Crippen molar-refractivity contribution in [1.82, 2.24) is 0 Å². The molecule has 1 aliphatic rings. The Morgan fingerprint density at radius 3 is 2.87 bits per heavy atom. The second-order valence-electron chi connectivity index (χ2n) is 3.19. The number of ketones is 1. The van der Waals surface area contributed by atoms with Crippen molar-refractivity contribution in [3.05, 3.63) is 0 Å². The van der Waals surface area contributed by atoms with Gasteiger partial charge >= 0.3 is 5.97 Å². The fourth-order valence-corrected chi connectivity index (χ4v) is 2.40. The summed E-state index contributed by atoms with van der Waals surface area (Å²) in [6.45, 7) is 0.416. The fraction of sp³-hybridized carbons (Fsp3) is 0.667. The lowest BCUT2D eigenvalue weighted by Crippen LogP contribution is -2.15. The first-order valence-corrected chi connectivity index (χ1v) is 5.94. The highest BCUT2D eigenvalue weighted by Gasteiger charge is 2.29. The van der Waals surface area contributed by atoms with Crippen LogP contribution in [0, 0.1) is 0 Å². The largest absolute Gasteiger partial charge is 0.481 e. The van der Waals surface area contributed by atoms with Gasteiger partial charge in [-0.3, -0.25) is 9.59 Å². The number of carboxylic acid groups (broad SMARTS) is 1. The molecular formula is C9H12O4S2. The molecular weight excluding hydrogens is 236 g/mol. The van der Waals surface area contributed by atoms with Gasteiger partial charge in [0.1, 0.15) is 0 Å². The minimum Gasteiger partial charge on any atom is -0.481 e. The van der Waals surface area contributed by atoms with Crippen LogP contribution in [0.25, 0.3) is 0 Å². The molecule has 1 N–H and O–H groups in total. The van der Waals surface area contributed by atoms with Crippen LogP contribution in [0.1, 0.15) is 25.7 Å². The van der Waals surface area contributed by atoms with E-state index in [9.17, 15) is 9.59 Å². The van der Waals surface area contributed by atoms with Crippen LogP contribution in [0.3, 0.4) is 0 Å². The van der Waals surface area contributed by atoms with Gasteiger partial charge < -0.3 is 9.84 Å². The molecule has 4 nitrogen and oxygen atoms in total. The predicted molar refractivity (Wildman–Crippen MR) is 61.0 cm³/mol. The van der Waals surface area contributed by atoms with Crippen LogP contribution in [0.5, 0.6) is 0 Å². The molecule has 84 valence electrons. The van der Waals surface area contributed by atoms with E-state index in [1.54, 1.807) is 0 Å². The molecule has 0 bridgehead atoms. The first-order chi connectivity index (χ1) is 7.09. The third kappa shape index (κ3) is 4.72. The van der Waals surface area contributed by atoms with Crippen LogP contribution < -0.4 is 0 Å². The van der Waals surface area contributed by atoms with E-state index in [-0.39, 0.29) is 12.2 Å². The number of carbonyl (C=O) groups excluding carboxylic acids is 1. The van der Waals surface area contributed by atoms with Gasteiger partial charge in [-0.15, -0.1) is 0 Å². The van der Waals surface area contributed by atoms with E-state index in [2.05, 4.69) is 0 Å². The molecule has 6 heteroatoms. The van der Waals surface area contributed by atoms with Crippen LogP contribution in [0.4, 0.5) is 0 Å².